The Hall–Kier alpha value is -3.04. The van der Waals surface area contributed by atoms with Gasteiger partial charge >= 0.3 is 0 Å². The minimum atomic E-state index is -2.63. The lowest BCUT2D eigenvalue weighted by molar-refractivity contribution is -0.0760. The number of rotatable bonds is 6. The Morgan fingerprint density at radius 3 is 2.63 bits per heavy atom. The molecule has 158 valence electrons. The van der Waals surface area contributed by atoms with E-state index in [1.165, 1.54) is 0 Å². The number of hydrogen-bond acceptors (Lipinski definition) is 7. The summed E-state index contributed by atoms with van der Waals surface area (Å²) in [5.41, 5.74) is 5.89. The number of carbonyl (C=O) groups is 1. The third kappa shape index (κ3) is 3.50. The number of hydrogen-bond donors (Lipinski definition) is 2. The summed E-state index contributed by atoms with van der Waals surface area (Å²) in [5, 5.41) is 3.30. The van der Waals surface area contributed by atoms with Crippen molar-refractivity contribution in [2.45, 2.75) is 43.8 Å². The van der Waals surface area contributed by atoms with Crippen LogP contribution in [-0.2, 0) is 0 Å². The molecule has 3 fully saturated rings. The second kappa shape index (κ2) is 6.75. The van der Waals surface area contributed by atoms with Gasteiger partial charge in [-0.2, -0.15) is 4.98 Å². The molecule has 1 aliphatic heterocycles. The van der Waals surface area contributed by atoms with Crippen LogP contribution >= 0.6 is 0 Å². The minimum Gasteiger partial charge on any atom is -0.474 e. The smallest absolute Gasteiger partial charge is 0.282 e. The van der Waals surface area contributed by atoms with Gasteiger partial charge in [-0.05, 0) is 49.3 Å². The van der Waals surface area contributed by atoms with Crippen LogP contribution in [0.1, 0.15) is 36.0 Å². The highest BCUT2D eigenvalue weighted by atomic mass is 19.3. The zero-order valence-corrected chi connectivity index (χ0v) is 16.2. The van der Waals surface area contributed by atoms with Gasteiger partial charge in [-0.3, -0.25) is 4.79 Å². The first-order chi connectivity index (χ1) is 14.3. The van der Waals surface area contributed by atoms with Gasteiger partial charge in [-0.1, -0.05) is 0 Å². The van der Waals surface area contributed by atoms with Gasteiger partial charge in [0, 0.05) is 18.4 Å². The Labute approximate surface area is 171 Å². The molecule has 1 spiro atoms. The fourth-order valence-electron chi connectivity index (χ4n) is 4.69. The van der Waals surface area contributed by atoms with Crippen LogP contribution in [0.5, 0.6) is 5.88 Å². The molecule has 10 heteroatoms. The number of carbonyl (C=O) groups excluding carboxylic acids is 1. The van der Waals surface area contributed by atoms with Crippen LogP contribution in [0, 0.1) is 5.41 Å². The molecule has 0 radical (unpaired) electrons. The fraction of sp³-hybridized carbons (Fsp3) is 0.500. The fourth-order valence-corrected chi connectivity index (χ4v) is 4.69. The van der Waals surface area contributed by atoms with E-state index in [0.717, 1.165) is 25.7 Å². The first kappa shape index (κ1) is 19.0. The van der Waals surface area contributed by atoms with E-state index < -0.39 is 11.8 Å². The van der Waals surface area contributed by atoms with Gasteiger partial charge in [0.2, 0.25) is 11.8 Å². The molecule has 8 nitrogen and oxygen atoms in total. The molecule has 2 saturated carbocycles. The Morgan fingerprint density at radius 1 is 1.17 bits per heavy atom. The highest BCUT2D eigenvalue weighted by Crippen LogP contribution is 2.57. The number of ether oxygens (including phenoxy) is 1. The van der Waals surface area contributed by atoms with Crippen molar-refractivity contribution in [2.75, 3.05) is 23.3 Å². The third-order valence-electron chi connectivity index (χ3n) is 6.14. The topological polar surface area (TPSA) is 106 Å². The minimum absolute atomic E-state index is 0.0200. The zero-order chi connectivity index (χ0) is 20.9. The van der Waals surface area contributed by atoms with Crippen molar-refractivity contribution >= 4 is 17.7 Å². The molecule has 1 saturated heterocycles. The first-order valence-corrected chi connectivity index (χ1v) is 9.95. The standard InChI is InChI=1S/C20H22F2N6O2/c21-20(22)10-28(11-20)15-3-5-25-18(27-15)26-12-6-19(7-12)8-13(9-19)30-17-14(16(23)29)2-1-4-24-17/h1-5,12-13H,6-11H2,(H2,23,29)(H,25,26,27). The van der Waals surface area contributed by atoms with Crippen molar-refractivity contribution in [3.63, 3.8) is 0 Å². The van der Waals surface area contributed by atoms with E-state index in [1.54, 1.807) is 35.5 Å². The molecule has 3 heterocycles. The molecule has 0 atom stereocenters. The van der Waals surface area contributed by atoms with Crippen LogP contribution in [0.15, 0.2) is 30.6 Å². The van der Waals surface area contributed by atoms with Gasteiger partial charge in [0.15, 0.2) is 0 Å². The summed E-state index contributed by atoms with van der Waals surface area (Å²) in [6.45, 7) is -0.601. The van der Waals surface area contributed by atoms with Crippen molar-refractivity contribution in [2.24, 2.45) is 11.1 Å². The number of amides is 1. The summed E-state index contributed by atoms with van der Waals surface area (Å²) >= 11 is 0. The zero-order valence-electron chi connectivity index (χ0n) is 16.2. The summed E-state index contributed by atoms with van der Waals surface area (Å²) in [6, 6.07) is 5.16. The van der Waals surface area contributed by atoms with Crippen LogP contribution < -0.4 is 20.7 Å². The summed E-state index contributed by atoms with van der Waals surface area (Å²) in [7, 11) is 0. The van der Waals surface area contributed by atoms with E-state index >= 15 is 0 Å². The first-order valence-electron chi connectivity index (χ1n) is 9.95. The van der Waals surface area contributed by atoms with Crippen molar-refractivity contribution < 1.29 is 18.3 Å². The predicted octanol–water partition coefficient (Wildman–Crippen LogP) is 2.23. The molecule has 3 aliphatic rings. The van der Waals surface area contributed by atoms with Crippen LogP contribution in [0.3, 0.4) is 0 Å². The highest BCUT2D eigenvalue weighted by molar-refractivity contribution is 5.94. The SMILES string of the molecule is NC(=O)c1cccnc1OC1CC2(CC(Nc3nccc(N4CC(F)(F)C4)n3)C2)C1. The van der Waals surface area contributed by atoms with Crippen molar-refractivity contribution in [1.29, 1.82) is 0 Å². The van der Waals surface area contributed by atoms with Gasteiger partial charge in [-0.25, -0.2) is 18.7 Å². The largest absolute Gasteiger partial charge is 0.474 e. The number of aromatic nitrogens is 3. The van der Waals surface area contributed by atoms with Crippen molar-refractivity contribution in [3.8, 4) is 5.88 Å². The molecule has 2 aromatic rings. The number of nitrogens with two attached hydrogens (primary N) is 1. The maximum atomic E-state index is 13.1. The summed E-state index contributed by atoms with van der Waals surface area (Å²) < 4.78 is 32.0. The molecule has 0 bridgehead atoms. The maximum Gasteiger partial charge on any atom is 0.282 e. The van der Waals surface area contributed by atoms with E-state index in [2.05, 4.69) is 20.3 Å². The molecule has 3 N–H and O–H groups in total. The Balaban J connectivity index is 1.11. The lowest BCUT2D eigenvalue weighted by Crippen LogP contribution is -2.57. The Morgan fingerprint density at radius 2 is 1.93 bits per heavy atom. The number of alkyl halides is 2. The molecule has 0 unspecified atom stereocenters. The predicted molar refractivity (Wildman–Crippen MR) is 105 cm³/mol. The van der Waals surface area contributed by atoms with Crippen LogP contribution in [-0.4, -0.2) is 52.0 Å². The average Bonchev–Trinajstić information content (AvgIpc) is 2.63. The van der Waals surface area contributed by atoms with Crippen molar-refractivity contribution in [3.05, 3.63) is 36.2 Å². The molecule has 2 aliphatic carbocycles. The second-order valence-electron chi connectivity index (χ2n) is 8.57. The number of anilines is 2. The number of primary amides is 1. The van der Waals surface area contributed by atoms with Crippen LogP contribution in [0.4, 0.5) is 20.5 Å². The van der Waals surface area contributed by atoms with Crippen molar-refractivity contribution in [1.82, 2.24) is 15.0 Å². The normalized spacial score (nSPS) is 28.8. The average molecular weight is 416 g/mol. The monoisotopic (exact) mass is 416 g/mol. The number of nitrogens with one attached hydrogen (secondary N) is 1. The number of pyridine rings is 1. The molecule has 30 heavy (non-hydrogen) atoms. The van der Waals surface area contributed by atoms with E-state index in [-0.39, 0.29) is 30.7 Å². The number of nitrogens with zero attached hydrogens (tertiary/aromatic N) is 4. The van der Waals surface area contributed by atoms with Gasteiger partial charge < -0.3 is 20.7 Å². The number of halogens is 2. The van der Waals surface area contributed by atoms with Crippen LogP contribution in [0.25, 0.3) is 0 Å². The summed E-state index contributed by atoms with van der Waals surface area (Å²) in [5.74, 6) is -1.90. The molecule has 1 amide bonds. The van der Waals surface area contributed by atoms with E-state index in [0.29, 0.717) is 23.2 Å². The van der Waals surface area contributed by atoms with E-state index in [1.807, 2.05) is 0 Å². The lowest BCUT2D eigenvalue weighted by Gasteiger charge is -2.57. The molecular weight excluding hydrogens is 394 g/mol. The Bertz CT molecular complexity index is 965. The molecule has 0 aromatic carbocycles. The quantitative estimate of drug-likeness (QED) is 0.744. The third-order valence-corrected chi connectivity index (χ3v) is 6.14. The van der Waals surface area contributed by atoms with Gasteiger partial charge in [0.1, 0.15) is 17.5 Å². The Kier molecular flexibility index (Phi) is 4.26. The maximum absolute atomic E-state index is 13.1. The van der Waals surface area contributed by atoms with E-state index in [4.69, 9.17) is 10.5 Å². The highest BCUT2D eigenvalue weighted by Gasteiger charge is 2.54. The van der Waals surface area contributed by atoms with Gasteiger partial charge in [0.05, 0.1) is 13.1 Å². The molecule has 5 rings (SSSR count). The molecular formula is C20H22F2N6O2. The summed E-state index contributed by atoms with van der Waals surface area (Å²) in [6.07, 6.45) is 6.90. The second-order valence-corrected chi connectivity index (χ2v) is 8.57. The summed E-state index contributed by atoms with van der Waals surface area (Å²) in [4.78, 5) is 25.7. The van der Waals surface area contributed by atoms with Crippen LogP contribution in [0.2, 0.25) is 0 Å². The van der Waals surface area contributed by atoms with Gasteiger partial charge in [-0.15, -0.1) is 0 Å². The van der Waals surface area contributed by atoms with E-state index in [9.17, 15) is 13.6 Å². The van der Waals surface area contributed by atoms with Gasteiger partial charge in [0.25, 0.3) is 11.8 Å². The lowest BCUT2D eigenvalue weighted by atomic mass is 9.53. The molecule has 2 aromatic heterocycles.